The molecule has 0 fully saturated rings. The van der Waals surface area contributed by atoms with E-state index in [1.54, 1.807) is 26.5 Å². The van der Waals surface area contributed by atoms with Crippen LogP contribution in [0.3, 0.4) is 0 Å². The molecule has 0 spiro atoms. The molecule has 0 heterocycles. The molecule has 2 rings (SSSR count). The van der Waals surface area contributed by atoms with Crippen LogP contribution in [0.15, 0.2) is 48.7 Å². The van der Waals surface area contributed by atoms with Crippen molar-refractivity contribution in [1.29, 1.82) is 0 Å². The molecule has 0 aromatic heterocycles. The largest absolute Gasteiger partial charge is 0.497 e. The lowest BCUT2D eigenvalue weighted by atomic mass is 10.0. The van der Waals surface area contributed by atoms with Crippen molar-refractivity contribution in [3.8, 4) is 11.5 Å². The van der Waals surface area contributed by atoms with Gasteiger partial charge < -0.3 is 14.8 Å². The number of hydrogen-bond donors (Lipinski definition) is 1. The van der Waals surface area contributed by atoms with Crippen molar-refractivity contribution in [2.45, 2.75) is 13.8 Å². The van der Waals surface area contributed by atoms with Crippen LogP contribution in [0.4, 0.5) is 5.69 Å². The van der Waals surface area contributed by atoms with Gasteiger partial charge in [-0.2, -0.15) is 0 Å². The van der Waals surface area contributed by atoms with E-state index in [0.717, 1.165) is 11.3 Å². The highest BCUT2D eigenvalue weighted by atomic mass is 16.5. The highest BCUT2D eigenvalue weighted by Crippen LogP contribution is 2.25. The van der Waals surface area contributed by atoms with Crippen LogP contribution < -0.4 is 14.8 Å². The van der Waals surface area contributed by atoms with Gasteiger partial charge in [-0.1, -0.05) is 12.1 Å². The summed E-state index contributed by atoms with van der Waals surface area (Å²) in [5.41, 5.74) is 3.74. The third-order valence-electron chi connectivity index (χ3n) is 3.63. The van der Waals surface area contributed by atoms with E-state index < -0.39 is 0 Å². The van der Waals surface area contributed by atoms with Crippen molar-refractivity contribution < 1.29 is 14.3 Å². The molecule has 4 heteroatoms. The molecule has 23 heavy (non-hydrogen) atoms. The minimum atomic E-state index is -0.0459. The number of nitrogens with one attached hydrogen (secondary N) is 1. The number of rotatable bonds is 6. The quantitative estimate of drug-likeness (QED) is 0.643. The number of ether oxygens (including phenoxy) is 2. The molecule has 2 aromatic carbocycles. The summed E-state index contributed by atoms with van der Waals surface area (Å²) in [4.78, 5) is 12.2. The van der Waals surface area contributed by atoms with Gasteiger partial charge in [0.05, 0.1) is 14.2 Å². The molecule has 0 atom stereocenters. The highest BCUT2D eigenvalue weighted by molar-refractivity contribution is 6.04. The predicted molar refractivity (Wildman–Crippen MR) is 92.6 cm³/mol. The number of carbonyl (C=O) groups excluding carboxylic acids is 1. The Morgan fingerprint density at radius 1 is 0.957 bits per heavy atom. The van der Waals surface area contributed by atoms with Crippen molar-refractivity contribution >= 4 is 11.5 Å². The summed E-state index contributed by atoms with van der Waals surface area (Å²) >= 11 is 0. The predicted octanol–water partition coefficient (Wildman–Crippen LogP) is 4.13. The Labute approximate surface area is 136 Å². The first-order valence-corrected chi connectivity index (χ1v) is 7.31. The van der Waals surface area contributed by atoms with Gasteiger partial charge in [0.15, 0.2) is 5.78 Å². The Kier molecular flexibility index (Phi) is 5.41. The summed E-state index contributed by atoms with van der Waals surface area (Å²) in [5.74, 6) is 1.32. The van der Waals surface area contributed by atoms with Crippen LogP contribution in [0.1, 0.15) is 21.5 Å². The number of methoxy groups -OCH3 is 2. The first-order valence-electron chi connectivity index (χ1n) is 7.31. The number of benzene rings is 2. The van der Waals surface area contributed by atoms with E-state index in [0.29, 0.717) is 17.1 Å². The molecular formula is C19H21NO3. The zero-order valence-corrected chi connectivity index (χ0v) is 13.8. The fourth-order valence-electron chi connectivity index (χ4n) is 2.10. The molecule has 0 unspecified atom stereocenters. The maximum absolute atomic E-state index is 12.2. The fourth-order valence-corrected chi connectivity index (χ4v) is 2.10. The smallest absolute Gasteiger partial charge is 0.187 e. The van der Waals surface area contributed by atoms with Gasteiger partial charge in [-0.15, -0.1) is 0 Å². The van der Waals surface area contributed by atoms with Crippen LogP contribution in [-0.2, 0) is 0 Å². The lowest BCUT2D eigenvalue weighted by Crippen LogP contribution is -1.98. The molecule has 4 nitrogen and oxygen atoms in total. The van der Waals surface area contributed by atoms with Gasteiger partial charge in [-0.25, -0.2) is 0 Å². The number of anilines is 1. The summed E-state index contributed by atoms with van der Waals surface area (Å²) < 4.78 is 10.4. The van der Waals surface area contributed by atoms with Crippen LogP contribution in [0.5, 0.6) is 11.5 Å². The number of aryl methyl sites for hydroxylation is 2. The van der Waals surface area contributed by atoms with Gasteiger partial charge in [0.25, 0.3) is 0 Å². The second kappa shape index (κ2) is 7.49. The van der Waals surface area contributed by atoms with Crippen molar-refractivity contribution in [1.82, 2.24) is 0 Å². The molecule has 0 saturated carbocycles. The Bertz CT molecular complexity index is 713. The van der Waals surface area contributed by atoms with E-state index in [9.17, 15) is 4.79 Å². The van der Waals surface area contributed by atoms with Crippen LogP contribution in [0.2, 0.25) is 0 Å². The standard InChI is InChI=1S/C19H21NO3/c1-13-5-6-15(9-14(13)2)19(21)7-8-20-16-10-17(22-3)12-18(11-16)23-4/h5-12,20H,1-4H3/b8-7+. The van der Waals surface area contributed by atoms with Gasteiger partial charge in [0.2, 0.25) is 0 Å². The normalized spacial score (nSPS) is 10.6. The zero-order chi connectivity index (χ0) is 16.8. The van der Waals surface area contributed by atoms with Crippen molar-refractivity contribution in [3.05, 3.63) is 65.4 Å². The van der Waals surface area contributed by atoms with Crippen molar-refractivity contribution in [2.75, 3.05) is 19.5 Å². The minimum absolute atomic E-state index is 0.0459. The van der Waals surface area contributed by atoms with Crippen LogP contribution >= 0.6 is 0 Å². The first-order chi connectivity index (χ1) is 11.0. The second-order valence-electron chi connectivity index (χ2n) is 5.24. The highest BCUT2D eigenvalue weighted by Gasteiger charge is 2.04. The topological polar surface area (TPSA) is 47.6 Å². The molecule has 0 aliphatic heterocycles. The molecule has 0 aliphatic rings. The number of hydrogen-bond acceptors (Lipinski definition) is 4. The Balaban J connectivity index is 2.08. The van der Waals surface area contributed by atoms with Gasteiger partial charge in [0, 0.05) is 41.7 Å². The van der Waals surface area contributed by atoms with Crippen molar-refractivity contribution in [3.63, 3.8) is 0 Å². The lowest BCUT2D eigenvalue weighted by molar-refractivity contribution is 0.104. The number of carbonyl (C=O) groups is 1. The van der Waals surface area contributed by atoms with Crippen molar-refractivity contribution in [2.24, 2.45) is 0 Å². The summed E-state index contributed by atoms with van der Waals surface area (Å²) in [6, 6.07) is 11.1. The lowest BCUT2D eigenvalue weighted by Gasteiger charge is -2.08. The zero-order valence-electron chi connectivity index (χ0n) is 13.8. The molecule has 2 aromatic rings. The van der Waals surface area contributed by atoms with Gasteiger partial charge in [-0.05, 0) is 31.0 Å². The minimum Gasteiger partial charge on any atom is -0.497 e. The molecule has 1 N–H and O–H groups in total. The average molecular weight is 311 g/mol. The van der Waals surface area contributed by atoms with E-state index in [1.807, 2.05) is 44.2 Å². The molecule has 0 aliphatic carbocycles. The number of ketones is 1. The van der Waals surface area contributed by atoms with Crippen LogP contribution in [0, 0.1) is 13.8 Å². The van der Waals surface area contributed by atoms with Gasteiger partial charge in [0.1, 0.15) is 11.5 Å². The fraction of sp³-hybridized carbons (Fsp3) is 0.211. The molecule has 0 saturated heterocycles. The van der Waals surface area contributed by atoms with Gasteiger partial charge >= 0.3 is 0 Å². The van der Waals surface area contributed by atoms with Crippen LogP contribution in [-0.4, -0.2) is 20.0 Å². The van der Waals surface area contributed by atoms with Crippen LogP contribution in [0.25, 0.3) is 0 Å². The van der Waals surface area contributed by atoms with E-state index >= 15 is 0 Å². The Morgan fingerprint density at radius 2 is 1.61 bits per heavy atom. The maximum atomic E-state index is 12.2. The van der Waals surface area contributed by atoms with E-state index in [1.165, 1.54) is 11.6 Å². The summed E-state index contributed by atoms with van der Waals surface area (Å²) in [7, 11) is 3.19. The van der Waals surface area contributed by atoms with E-state index in [4.69, 9.17) is 9.47 Å². The Hall–Kier alpha value is -2.75. The molecular weight excluding hydrogens is 290 g/mol. The molecule has 0 radical (unpaired) electrons. The molecule has 0 bridgehead atoms. The average Bonchev–Trinajstić information content (AvgIpc) is 2.56. The Morgan fingerprint density at radius 3 is 2.17 bits per heavy atom. The van der Waals surface area contributed by atoms with Gasteiger partial charge in [-0.3, -0.25) is 4.79 Å². The summed E-state index contributed by atoms with van der Waals surface area (Å²) in [6.07, 6.45) is 3.13. The maximum Gasteiger partial charge on any atom is 0.187 e. The van der Waals surface area contributed by atoms with E-state index in [2.05, 4.69) is 5.32 Å². The first kappa shape index (κ1) is 16.6. The summed E-state index contributed by atoms with van der Waals surface area (Å²) in [5, 5.41) is 3.06. The SMILES string of the molecule is COc1cc(N/C=C/C(=O)c2ccc(C)c(C)c2)cc(OC)c1. The molecule has 120 valence electrons. The third-order valence-corrected chi connectivity index (χ3v) is 3.63. The van der Waals surface area contributed by atoms with E-state index in [-0.39, 0.29) is 5.78 Å². The summed E-state index contributed by atoms with van der Waals surface area (Å²) in [6.45, 7) is 4.02. The molecule has 0 amide bonds. The second-order valence-corrected chi connectivity index (χ2v) is 5.24. The number of allylic oxidation sites excluding steroid dienone is 1. The monoisotopic (exact) mass is 311 g/mol. The third kappa shape index (κ3) is 4.36.